The normalized spacial score (nSPS) is 14.3. The van der Waals surface area contributed by atoms with Gasteiger partial charge in [0, 0.05) is 15.8 Å². The van der Waals surface area contributed by atoms with Crippen LogP contribution in [0, 0.1) is 3.57 Å². The van der Waals surface area contributed by atoms with Crippen LogP contribution in [0.2, 0.25) is 0 Å². The van der Waals surface area contributed by atoms with Crippen molar-refractivity contribution in [3.05, 3.63) is 63.2 Å². The van der Waals surface area contributed by atoms with Crippen LogP contribution in [0.25, 0.3) is 0 Å². The van der Waals surface area contributed by atoms with Crippen molar-refractivity contribution in [2.24, 2.45) is 0 Å². The Kier molecular flexibility index (Phi) is 6.39. The number of anilines is 1. The summed E-state index contributed by atoms with van der Waals surface area (Å²) < 4.78 is 0.895. The van der Waals surface area contributed by atoms with Gasteiger partial charge in [0.25, 0.3) is 5.91 Å². The van der Waals surface area contributed by atoms with Crippen molar-refractivity contribution in [3.8, 4) is 0 Å². The number of nitrogens with zero attached hydrogens (tertiary/aromatic N) is 1. The highest BCUT2D eigenvalue weighted by molar-refractivity contribution is 14.1. The second kappa shape index (κ2) is 8.73. The van der Waals surface area contributed by atoms with Crippen LogP contribution < -0.4 is 10.6 Å². The summed E-state index contributed by atoms with van der Waals surface area (Å²) in [6.45, 7) is 3.37. The van der Waals surface area contributed by atoms with E-state index in [1.54, 1.807) is 6.07 Å². The maximum atomic E-state index is 12.3. The number of carbonyl (C=O) groups is 1. The molecule has 0 radical (unpaired) electrons. The number of benzene rings is 2. The van der Waals surface area contributed by atoms with Crippen molar-refractivity contribution in [2.75, 3.05) is 18.4 Å². The fourth-order valence-electron chi connectivity index (χ4n) is 2.87. The Morgan fingerprint density at radius 1 is 1.08 bits per heavy atom. The van der Waals surface area contributed by atoms with Crippen LogP contribution in [0.4, 0.5) is 5.69 Å². The predicted octanol–water partition coefficient (Wildman–Crippen LogP) is 4.01. The standard InChI is InChI=1S/C19H20IN3OS/c20-17-6-2-1-5-16(17)18(24)22-19(25)21-15-9-7-14(8-10-15)13-23-11-3-4-12-23/h1-2,5-10H,3-4,11-13H2,(H2,21,22,24,25). The summed E-state index contributed by atoms with van der Waals surface area (Å²) in [6.07, 6.45) is 2.60. The van der Waals surface area contributed by atoms with Crippen LogP contribution in [-0.2, 0) is 6.54 Å². The SMILES string of the molecule is O=C(NC(=S)Nc1ccc(CN2CCCC2)cc1)c1ccccc1I. The number of hydrogen-bond acceptors (Lipinski definition) is 3. The Hall–Kier alpha value is -1.51. The van der Waals surface area contributed by atoms with E-state index in [-0.39, 0.29) is 5.91 Å². The lowest BCUT2D eigenvalue weighted by Crippen LogP contribution is -2.34. The number of hydrogen-bond donors (Lipinski definition) is 2. The van der Waals surface area contributed by atoms with E-state index in [9.17, 15) is 4.79 Å². The Morgan fingerprint density at radius 3 is 2.44 bits per heavy atom. The maximum absolute atomic E-state index is 12.3. The van der Waals surface area contributed by atoms with Gasteiger partial charge in [-0.2, -0.15) is 0 Å². The summed E-state index contributed by atoms with van der Waals surface area (Å²) >= 11 is 7.39. The molecule has 1 aliphatic heterocycles. The first kappa shape index (κ1) is 18.3. The van der Waals surface area contributed by atoms with E-state index in [1.165, 1.54) is 31.5 Å². The Bertz CT molecular complexity index is 758. The molecule has 25 heavy (non-hydrogen) atoms. The maximum Gasteiger partial charge on any atom is 0.258 e. The molecule has 2 N–H and O–H groups in total. The predicted molar refractivity (Wildman–Crippen MR) is 114 cm³/mol. The molecule has 0 aromatic heterocycles. The van der Waals surface area contributed by atoms with Gasteiger partial charge in [0.2, 0.25) is 0 Å². The fourth-order valence-corrected chi connectivity index (χ4v) is 3.71. The largest absolute Gasteiger partial charge is 0.332 e. The van der Waals surface area contributed by atoms with Gasteiger partial charge in [0.15, 0.2) is 5.11 Å². The van der Waals surface area contributed by atoms with Gasteiger partial charge in [-0.3, -0.25) is 15.0 Å². The van der Waals surface area contributed by atoms with Gasteiger partial charge in [-0.15, -0.1) is 0 Å². The third-order valence-corrected chi connectivity index (χ3v) is 5.31. The third kappa shape index (κ3) is 5.23. The third-order valence-electron chi connectivity index (χ3n) is 4.16. The van der Waals surface area contributed by atoms with Crippen LogP contribution in [0.5, 0.6) is 0 Å². The van der Waals surface area contributed by atoms with Gasteiger partial charge in [0.1, 0.15) is 0 Å². The molecule has 2 aromatic rings. The number of likely N-dealkylation sites (tertiary alicyclic amines) is 1. The lowest BCUT2D eigenvalue weighted by Gasteiger charge is -2.15. The van der Waals surface area contributed by atoms with Gasteiger partial charge in [-0.1, -0.05) is 24.3 Å². The summed E-state index contributed by atoms with van der Waals surface area (Å²) in [5, 5.41) is 6.10. The second-order valence-electron chi connectivity index (χ2n) is 6.07. The van der Waals surface area contributed by atoms with Crippen LogP contribution in [0.15, 0.2) is 48.5 Å². The van der Waals surface area contributed by atoms with Crippen LogP contribution in [0.3, 0.4) is 0 Å². The zero-order chi connectivity index (χ0) is 17.6. The fraction of sp³-hybridized carbons (Fsp3) is 0.263. The van der Waals surface area contributed by atoms with E-state index in [0.717, 1.165) is 15.8 Å². The van der Waals surface area contributed by atoms with Crippen molar-refractivity contribution < 1.29 is 4.79 Å². The zero-order valence-electron chi connectivity index (χ0n) is 13.8. The minimum Gasteiger partial charge on any atom is -0.332 e. The monoisotopic (exact) mass is 465 g/mol. The minimum absolute atomic E-state index is 0.201. The van der Waals surface area contributed by atoms with Crippen molar-refractivity contribution in [1.29, 1.82) is 0 Å². The quantitative estimate of drug-likeness (QED) is 0.529. The van der Waals surface area contributed by atoms with Crippen LogP contribution in [0.1, 0.15) is 28.8 Å². The molecule has 0 spiro atoms. The molecule has 1 heterocycles. The number of carbonyl (C=O) groups excluding carboxylic acids is 1. The number of rotatable bonds is 4. The molecule has 2 aromatic carbocycles. The van der Waals surface area contributed by atoms with Crippen molar-refractivity contribution in [1.82, 2.24) is 10.2 Å². The molecular weight excluding hydrogens is 445 g/mol. The topological polar surface area (TPSA) is 44.4 Å². The first-order valence-electron chi connectivity index (χ1n) is 8.30. The highest BCUT2D eigenvalue weighted by Gasteiger charge is 2.12. The molecule has 1 aliphatic rings. The molecule has 1 amide bonds. The molecule has 3 rings (SSSR count). The molecule has 0 unspecified atom stereocenters. The Balaban J connectivity index is 1.54. The van der Waals surface area contributed by atoms with E-state index in [2.05, 4.69) is 50.3 Å². The summed E-state index contributed by atoms with van der Waals surface area (Å²) in [5.41, 5.74) is 2.78. The molecule has 1 saturated heterocycles. The van der Waals surface area contributed by atoms with Gasteiger partial charge in [-0.05, 0) is 90.6 Å². The van der Waals surface area contributed by atoms with Gasteiger partial charge >= 0.3 is 0 Å². The molecule has 0 bridgehead atoms. The molecule has 6 heteroatoms. The lowest BCUT2D eigenvalue weighted by molar-refractivity contribution is 0.0977. The molecule has 1 fully saturated rings. The lowest BCUT2D eigenvalue weighted by atomic mass is 10.2. The first-order chi connectivity index (χ1) is 12.1. The van der Waals surface area contributed by atoms with E-state index in [4.69, 9.17) is 12.2 Å². The summed E-state index contributed by atoms with van der Waals surface area (Å²) in [6, 6.07) is 15.6. The van der Waals surface area contributed by atoms with Gasteiger partial charge in [-0.25, -0.2) is 0 Å². The van der Waals surface area contributed by atoms with Crippen LogP contribution >= 0.6 is 34.8 Å². The summed E-state index contributed by atoms with van der Waals surface area (Å²) in [4.78, 5) is 14.7. The molecule has 130 valence electrons. The second-order valence-corrected chi connectivity index (χ2v) is 7.64. The van der Waals surface area contributed by atoms with E-state index in [1.807, 2.05) is 30.3 Å². The number of thiocarbonyl (C=S) groups is 1. The zero-order valence-corrected chi connectivity index (χ0v) is 16.8. The van der Waals surface area contributed by atoms with Gasteiger partial charge < -0.3 is 5.32 Å². The molecule has 0 aliphatic carbocycles. The minimum atomic E-state index is -0.201. The smallest absolute Gasteiger partial charge is 0.258 e. The molecule has 4 nitrogen and oxygen atoms in total. The Morgan fingerprint density at radius 2 is 1.76 bits per heavy atom. The molecule has 0 saturated carbocycles. The number of halogens is 1. The molecule has 0 atom stereocenters. The van der Waals surface area contributed by atoms with E-state index >= 15 is 0 Å². The Labute approximate surface area is 167 Å². The van der Waals surface area contributed by atoms with Crippen LogP contribution in [-0.4, -0.2) is 29.0 Å². The molecular formula is C19H20IN3OS. The highest BCUT2D eigenvalue weighted by atomic mass is 127. The first-order valence-corrected chi connectivity index (χ1v) is 9.79. The number of nitrogens with one attached hydrogen (secondary N) is 2. The van der Waals surface area contributed by atoms with Crippen molar-refractivity contribution in [2.45, 2.75) is 19.4 Å². The average molecular weight is 465 g/mol. The van der Waals surface area contributed by atoms with E-state index < -0.39 is 0 Å². The summed E-state index contributed by atoms with van der Waals surface area (Å²) in [5.74, 6) is -0.201. The average Bonchev–Trinajstić information content (AvgIpc) is 3.10. The summed E-state index contributed by atoms with van der Waals surface area (Å²) in [7, 11) is 0. The van der Waals surface area contributed by atoms with Crippen molar-refractivity contribution >= 4 is 51.5 Å². The van der Waals surface area contributed by atoms with Crippen molar-refractivity contribution in [3.63, 3.8) is 0 Å². The van der Waals surface area contributed by atoms with E-state index in [0.29, 0.717) is 10.7 Å². The number of amides is 1. The highest BCUT2D eigenvalue weighted by Crippen LogP contribution is 2.15. The van der Waals surface area contributed by atoms with Gasteiger partial charge in [0.05, 0.1) is 5.56 Å².